The van der Waals surface area contributed by atoms with Gasteiger partial charge in [0.2, 0.25) is 0 Å². The molecule has 0 aliphatic heterocycles. The standard InChI is InChI=1S/C7H5BBrF3O3/c9-5-1-4(8(13)14)2-6(3-5)15-7(10,11)12/h1-3,13-14H. The van der Waals surface area contributed by atoms with Gasteiger partial charge in [0.25, 0.3) is 0 Å². The van der Waals surface area contributed by atoms with Crippen LogP contribution < -0.4 is 10.2 Å². The van der Waals surface area contributed by atoms with E-state index in [2.05, 4.69) is 20.7 Å². The van der Waals surface area contributed by atoms with E-state index in [1.54, 1.807) is 0 Å². The monoisotopic (exact) mass is 284 g/mol. The molecule has 0 atom stereocenters. The summed E-state index contributed by atoms with van der Waals surface area (Å²) >= 11 is 2.92. The highest BCUT2D eigenvalue weighted by atomic mass is 79.9. The quantitative estimate of drug-likeness (QED) is 0.798. The van der Waals surface area contributed by atoms with Crippen LogP contribution in [0.25, 0.3) is 0 Å². The molecular formula is C7H5BBrF3O3. The molecule has 3 nitrogen and oxygen atoms in total. The number of hydrogen-bond donors (Lipinski definition) is 2. The Bertz CT molecular complexity index is 356. The predicted molar refractivity (Wildman–Crippen MR) is 50.7 cm³/mol. The van der Waals surface area contributed by atoms with E-state index in [1.165, 1.54) is 6.07 Å². The van der Waals surface area contributed by atoms with E-state index in [0.717, 1.165) is 12.1 Å². The van der Waals surface area contributed by atoms with Crippen molar-refractivity contribution < 1.29 is 28.0 Å². The maximum Gasteiger partial charge on any atom is 0.573 e. The van der Waals surface area contributed by atoms with Gasteiger partial charge in [-0.2, -0.15) is 0 Å². The van der Waals surface area contributed by atoms with E-state index in [9.17, 15) is 13.2 Å². The van der Waals surface area contributed by atoms with Gasteiger partial charge in [-0.05, 0) is 23.7 Å². The number of benzene rings is 1. The molecule has 0 saturated heterocycles. The lowest BCUT2D eigenvalue weighted by molar-refractivity contribution is -0.274. The molecule has 0 aliphatic carbocycles. The molecular weight excluding hydrogens is 280 g/mol. The molecule has 0 bridgehead atoms. The Morgan fingerprint density at radius 3 is 2.27 bits per heavy atom. The molecule has 0 radical (unpaired) electrons. The van der Waals surface area contributed by atoms with Gasteiger partial charge in [-0.15, -0.1) is 13.2 Å². The zero-order valence-corrected chi connectivity index (χ0v) is 8.71. The Balaban J connectivity index is 2.99. The average Bonchev–Trinajstić information content (AvgIpc) is 1.99. The van der Waals surface area contributed by atoms with Crippen LogP contribution in [0.2, 0.25) is 0 Å². The normalized spacial score (nSPS) is 11.3. The molecule has 0 aromatic heterocycles. The van der Waals surface area contributed by atoms with Gasteiger partial charge < -0.3 is 14.8 Å². The fourth-order valence-corrected chi connectivity index (χ4v) is 1.42. The van der Waals surface area contributed by atoms with E-state index < -0.39 is 19.2 Å². The number of ether oxygens (including phenoxy) is 1. The lowest BCUT2D eigenvalue weighted by Crippen LogP contribution is -2.30. The fraction of sp³-hybridized carbons (Fsp3) is 0.143. The average molecular weight is 285 g/mol. The zero-order valence-electron chi connectivity index (χ0n) is 7.12. The van der Waals surface area contributed by atoms with E-state index >= 15 is 0 Å². The summed E-state index contributed by atoms with van der Waals surface area (Å²) in [6.07, 6.45) is -4.81. The third kappa shape index (κ3) is 4.11. The second kappa shape index (κ2) is 4.42. The van der Waals surface area contributed by atoms with E-state index in [4.69, 9.17) is 10.0 Å². The van der Waals surface area contributed by atoms with Gasteiger partial charge in [-0.3, -0.25) is 0 Å². The highest BCUT2D eigenvalue weighted by molar-refractivity contribution is 9.10. The first-order valence-electron chi connectivity index (χ1n) is 3.70. The van der Waals surface area contributed by atoms with E-state index in [-0.39, 0.29) is 9.94 Å². The van der Waals surface area contributed by atoms with Gasteiger partial charge >= 0.3 is 13.5 Å². The molecule has 15 heavy (non-hydrogen) atoms. The van der Waals surface area contributed by atoms with Gasteiger partial charge in [0.05, 0.1) is 0 Å². The first-order valence-corrected chi connectivity index (χ1v) is 4.49. The van der Waals surface area contributed by atoms with Crippen LogP contribution in [0.5, 0.6) is 5.75 Å². The summed E-state index contributed by atoms with van der Waals surface area (Å²) in [7, 11) is -1.85. The van der Waals surface area contributed by atoms with Crippen LogP contribution in [0.15, 0.2) is 22.7 Å². The molecule has 0 heterocycles. The molecule has 0 fully saturated rings. The van der Waals surface area contributed by atoms with Gasteiger partial charge in [0.1, 0.15) is 5.75 Å². The summed E-state index contributed by atoms with van der Waals surface area (Å²) in [6, 6.07) is 3.23. The van der Waals surface area contributed by atoms with Gasteiger partial charge in [-0.25, -0.2) is 0 Å². The fourth-order valence-electron chi connectivity index (χ4n) is 0.926. The molecule has 1 rings (SSSR count). The van der Waals surface area contributed by atoms with E-state index in [0.29, 0.717) is 0 Å². The number of hydrogen-bond acceptors (Lipinski definition) is 3. The lowest BCUT2D eigenvalue weighted by atomic mass is 9.80. The molecule has 0 aliphatic rings. The summed E-state index contributed by atoms with van der Waals surface area (Å²) in [4.78, 5) is 0. The van der Waals surface area contributed by atoms with Crippen molar-refractivity contribution in [2.45, 2.75) is 6.36 Å². The molecule has 0 amide bonds. The van der Waals surface area contributed by atoms with Crippen molar-refractivity contribution in [2.75, 3.05) is 0 Å². The smallest absolute Gasteiger partial charge is 0.423 e. The summed E-state index contributed by atoms with van der Waals surface area (Å²) in [5, 5.41) is 17.5. The van der Waals surface area contributed by atoms with Gasteiger partial charge in [0.15, 0.2) is 0 Å². The van der Waals surface area contributed by atoms with Crippen LogP contribution in [-0.2, 0) is 0 Å². The molecule has 2 N–H and O–H groups in total. The third-order valence-electron chi connectivity index (χ3n) is 1.43. The summed E-state index contributed by atoms with van der Waals surface area (Å²) in [5.41, 5.74) is -0.0939. The minimum Gasteiger partial charge on any atom is -0.423 e. The SMILES string of the molecule is OB(O)c1cc(Br)cc(OC(F)(F)F)c1. The second-order valence-corrected chi connectivity index (χ2v) is 3.56. The number of halogens is 4. The molecule has 8 heteroatoms. The maximum atomic E-state index is 11.8. The van der Waals surface area contributed by atoms with Crippen LogP contribution >= 0.6 is 15.9 Å². The Labute approximate surface area is 91.8 Å². The Morgan fingerprint density at radius 2 is 1.80 bits per heavy atom. The zero-order chi connectivity index (χ0) is 11.6. The van der Waals surface area contributed by atoms with Crippen molar-refractivity contribution in [2.24, 2.45) is 0 Å². The number of rotatable bonds is 2. The molecule has 0 spiro atoms. The molecule has 82 valence electrons. The molecule has 1 aromatic rings. The van der Waals surface area contributed by atoms with Gasteiger partial charge in [0, 0.05) is 4.47 Å². The third-order valence-corrected chi connectivity index (χ3v) is 1.88. The second-order valence-electron chi connectivity index (χ2n) is 2.64. The van der Waals surface area contributed by atoms with Crippen LogP contribution in [0.3, 0.4) is 0 Å². The van der Waals surface area contributed by atoms with Crippen LogP contribution in [-0.4, -0.2) is 23.5 Å². The first kappa shape index (κ1) is 12.3. The highest BCUT2D eigenvalue weighted by Crippen LogP contribution is 2.24. The Morgan fingerprint density at radius 1 is 1.20 bits per heavy atom. The molecule has 0 saturated carbocycles. The van der Waals surface area contributed by atoms with Crippen LogP contribution in [0.1, 0.15) is 0 Å². The topological polar surface area (TPSA) is 49.7 Å². The first-order chi connectivity index (χ1) is 6.78. The Kier molecular flexibility index (Phi) is 3.64. The lowest BCUT2D eigenvalue weighted by Gasteiger charge is -2.10. The van der Waals surface area contributed by atoms with Crippen molar-refractivity contribution in [3.8, 4) is 5.75 Å². The minimum atomic E-state index is -4.81. The molecule has 1 aromatic carbocycles. The van der Waals surface area contributed by atoms with Crippen molar-refractivity contribution in [1.29, 1.82) is 0 Å². The molecule has 0 unspecified atom stereocenters. The van der Waals surface area contributed by atoms with Crippen molar-refractivity contribution in [3.63, 3.8) is 0 Å². The van der Waals surface area contributed by atoms with Crippen LogP contribution in [0.4, 0.5) is 13.2 Å². The highest BCUT2D eigenvalue weighted by Gasteiger charge is 2.31. The van der Waals surface area contributed by atoms with E-state index in [1.807, 2.05) is 0 Å². The summed E-state index contributed by atoms with van der Waals surface area (Å²) < 4.78 is 39.4. The van der Waals surface area contributed by atoms with Gasteiger partial charge in [-0.1, -0.05) is 15.9 Å². The van der Waals surface area contributed by atoms with Crippen LogP contribution in [0, 0.1) is 0 Å². The predicted octanol–water partition coefficient (Wildman–Crippen LogP) is 1.03. The van der Waals surface area contributed by atoms with Crippen molar-refractivity contribution in [1.82, 2.24) is 0 Å². The number of alkyl halides is 3. The summed E-state index contributed by atoms with van der Waals surface area (Å²) in [6.45, 7) is 0. The summed E-state index contributed by atoms with van der Waals surface area (Å²) in [5.74, 6) is -0.514. The Hall–Kier alpha value is -0.725. The maximum absolute atomic E-state index is 11.8. The van der Waals surface area contributed by atoms with Crippen molar-refractivity contribution in [3.05, 3.63) is 22.7 Å². The van der Waals surface area contributed by atoms with Crippen molar-refractivity contribution >= 4 is 28.5 Å². The largest absolute Gasteiger partial charge is 0.573 e. The minimum absolute atomic E-state index is 0.0939.